The van der Waals surface area contributed by atoms with Crippen LogP contribution in [0, 0.1) is 19.3 Å². The van der Waals surface area contributed by atoms with Crippen LogP contribution in [0.2, 0.25) is 0 Å². The molecule has 0 saturated carbocycles. The van der Waals surface area contributed by atoms with Gasteiger partial charge in [0.15, 0.2) is 5.76 Å². The van der Waals surface area contributed by atoms with Crippen molar-refractivity contribution in [3.8, 4) is 0 Å². The normalized spacial score (nSPS) is 14.6. The van der Waals surface area contributed by atoms with Crippen LogP contribution >= 0.6 is 0 Å². The fraction of sp³-hybridized carbons (Fsp3) is 0.409. The van der Waals surface area contributed by atoms with Crippen LogP contribution in [0.5, 0.6) is 0 Å². The van der Waals surface area contributed by atoms with Gasteiger partial charge in [-0.2, -0.15) is 0 Å². The van der Waals surface area contributed by atoms with Crippen LogP contribution in [-0.4, -0.2) is 53.7 Å². The minimum absolute atomic E-state index is 0.186. The van der Waals surface area contributed by atoms with Crippen LogP contribution in [0.15, 0.2) is 41.0 Å². The van der Waals surface area contributed by atoms with Gasteiger partial charge >= 0.3 is 0 Å². The average molecular weight is 397 g/mol. The van der Waals surface area contributed by atoms with E-state index in [9.17, 15) is 14.4 Å². The van der Waals surface area contributed by atoms with E-state index in [0.717, 1.165) is 11.1 Å². The standard InChI is InChI=1S/C22H27N3O4/c1-15-7-8-16(2)17(14-15)23-20(27)22(3,4)21(28)25-11-9-24(10-12-25)19(26)18-6-5-13-29-18/h5-8,13-14H,9-12H2,1-4H3,(H,23,27). The third-order valence-corrected chi connectivity index (χ3v) is 5.33. The highest BCUT2D eigenvalue weighted by Gasteiger charge is 2.40. The molecule has 2 heterocycles. The second kappa shape index (κ2) is 8.11. The van der Waals surface area contributed by atoms with E-state index in [-0.39, 0.29) is 23.5 Å². The van der Waals surface area contributed by atoms with E-state index >= 15 is 0 Å². The number of hydrogen-bond acceptors (Lipinski definition) is 4. The predicted octanol–water partition coefficient (Wildman–Crippen LogP) is 2.85. The third kappa shape index (κ3) is 4.34. The number of benzene rings is 1. The number of carbonyl (C=O) groups is 3. The zero-order chi connectivity index (χ0) is 21.2. The van der Waals surface area contributed by atoms with Gasteiger partial charge in [-0.25, -0.2) is 0 Å². The predicted molar refractivity (Wildman–Crippen MR) is 110 cm³/mol. The first kappa shape index (κ1) is 20.6. The molecule has 3 rings (SSSR count). The molecule has 1 N–H and O–H groups in total. The number of amides is 3. The molecular formula is C22H27N3O4. The molecule has 0 unspecified atom stereocenters. The Kier molecular flexibility index (Phi) is 5.77. The molecule has 1 aromatic carbocycles. The molecule has 0 atom stereocenters. The van der Waals surface area contributed by atoms with Gasteiger partial charge < -0.3 is 19.5 Å². The Hall–Kier alpha value is -3.09. The Bertz CT molecular complexity index is 910. The van der Waals surface area contributed by atoms with Gasteiger partial charge in [0.1, 0.15) is 5.41 Å². The molecule has 7 heteroatoms. The second-order valence-electron chi connectivity index (χ2n) is 7.96. The lowest BCUT2D eigenvalue weighted by Crippen LogP contribution is -2.55. The van der Waals surface area contributed by atoms with Gasteiger partial charge in [-0.05, 0) is 57.0 Å². The van der Waals surface area contributed by atoms with Crippen molar-refractivity contribution in [2.75, 3.05) is 31.5 Å². The fourth-order valence-electron chi connectivity index (χ4n) is 3.31. The van der Waals surface area contributed by atoms with Gasteiger partial charge in [-0.15, -0.1) is 0 Å². The topological polar surface area (TPSA) is 82.9 Å². The largest absolute Gasteiger partial charge is 0.459 e. The van der Waals surface area contributed by atoms with Crippen molar-refractivity contribution in [2.45, 2.75) is 27.7 Å². The molecule has 2 aromatic rings. The molecular weight excluding hydrogens is 370 g/mol. The minimum atomic E-state index is -1.22. The Labute approximate surface area is 170 Å². The molecule has 29 heavy (non-hydrogen) atoms. The number of nitrogens with one attached hydrogen (secondary N) is 1. The first-order valence-electron chi connectivity index (χ1n) is 9.71. The van der Waals surface area contributed by atoms with E-state index in [0.29, 0.717) is 31.9 Å². The van der Waals surface area contributed by atoms with Gasteiger partial charge in [0.05, 0.1) is 6.26 Å². The van der Waals surface area contributed by atoms with Crippen LogP contribution in [0.4, 0.5) is 5.69 Å². The zero-order valence-electron chi connectivity index (χ0n) is 17.3. The minimum Gasteiger partial charge on any atom is -0.459 e. The van der Waals surface area contributed by atoms with Gasteiger partial charge in [-0.1, -0.05) is 12.1 Å². The van der Waals surface area contributed by atoms with Gasteiger partial charge in [0.25, 0.3) is 5.91 Å². The molecule has 1 aromatic heterocycles. The molecule has 0 aliphatic carbocycles. The van der Waals surface area contributed by atoms with Crippen LogP contribution in [0.3, 0.4) is 0 Å². The van der Waals surface area contributed by atoms with Crippen molar-refractivity contribution >= 4 is 23.4 Å². The summed E-state index contributed by atoms with van der Waals surface area (Å²) in [5, 5.41) is 2.89. The molecule has 1 saturated heterocycles. The van der Waals surface area contributed by atoms with Crippen molar-refractivity contribution < 1.29 is 18.8 Å². The van der Waals surface area contributed by atoms with Crippen LogP contribution in [0.25, 0.3) is 0 Å². The number of carbonyl (C=O) groups excluding carboxylic acids is 3. The summed E-state index contributed by atoms with van der Waals surface area (Å²) in [5.74, 6) is -0.484. The Balaban J connectivity index is 1.62. The van der Waals surface area contributed by atoms with Gasteiger partial charge in [0, 0.05) is 31.9 Å². The van der Waals surface area contributed by atoms with Crippen LogP contribution in [-0.2, 0) is 9.59 Å². The highest BCUT2D eigenvalue weighted by molar-refractivity contribution is 6.10. The highest BCUT2D eigenvalue weighted by Crippen LogP contribution is 2.25. The number of anilines is 1. The average Bonchev–Trinajstić information content (AvgIpc) is 3.24. The number of furan rings is 1. The van der Waals surface area contributed by atoms with Crippen molar-refractivity contribution in [3.05, 3.63) is 53.5 Å². The maximum Gasteiger partial charge on any atom is 0.289 e. The molecule has 0 bridgehead atoms. The summed E-state index contributed by atoms with van der Waals surface area (Å²) in [6.45, 7) is 8.71. The summed E-state index contributed by atoms with van der Waals surface area (Å²) in [7, 11) is 0. The monoisotopic (exact) mass is 397 g/mol. The van der Waals surface area contributed by atoms with E-state index in [1.54, 1.807) is 35.8 Å². The number of piperazine rings is 1. The van der Waals surface area contributed by atoms with E-state index < -0.39 is 5.41 Å². The maximum absolute atomic E-state index is 13.1. The lowest BCUT2D eigenvalue weighted by atomic mass is 9.89. The summed E-state index contributed by atoms with van der Waals surface area (Å²) in [6.07, 6.45) is 1.46. The summed E-state index contributed by atoms with van der Waals surface area (Å²) < 4.78 is 5.16. The quantitative estimate of drug-likeness (QED) is 0.804. The smallest absolute Gasteiger partial charge is 0.289 e. The highest BCUT2D eigenvalue weighted by atomic mass is 16.3. The SMILES string of the molecule is Cc1ccc(C)c(NC(=O)C(C)(C)C(=O)N2CCN(C(=O)c3ccco3)CC2)c1. The Morgan fingerprint density at radius 3 is 2.28 bits per heavy atom. The molecule has 154 valence electrons. The van der Waals surface area contributed by atoms with Crippen molar-refractivity contribution in [1.82, 2.24) is 9.80 Å². The molecule has 3 amide bonds. The molecule has 1 fully saturated rings. The first-order chi connectivity index (χ1) is 13.7. The molecule has 1 aliphatic heterocycles. The summed E-state index contributed by atoms with van der Waals surface area (Å²) in [5.41, 5.74) is 1.47. The number of rotatable bonds is 4. The lowest BCUT2D eigenvalue weighted by molar-refractivity contribution is -0.147. The zero-order valence-corrected chi connectivity index (χ0v) is 17.3. The number of aryl methyl sites for hydroxylation is 2. The van der Waals surface area contributed by atoms with Crippen molar-refractivity contribution in [2.24, 2.45) is 5.41 Å². The molecule has 1 aliphatic rings. The van der Waals surface area contributed by atoms with E-state index in [1.807, 2.05) is 32.0 Å². The molecule has 7 nitrogen and oxygen atoms in total. The van der Waals surface area contributed by atoms with Crippen LogP contribution < -0.4 is 5.32 Å². The second-order valence-corrected chi connectivity index (χ2v) is 7.96. The maximum atomic E-state index is 13.1. The molecule has 0 spiro atoms. The van der Waals surface area contributed by atoms with E-state index in [2.05, 4.69) is 5.32 Å². The summed E-state index contributed by atoms with van der Waals surface area (Å²) in [4.78, 5) is 41.6. The number of hydrogen-bond donors (Lipinski definition) is 1. The van der Waals surface area contributed by atoms with Gasteiger partial charge in [-0.3, -0.25) is 14.4 Å². The summed E-state index contributed by atoms with van der Waals surface area (Å²) in [6, 6.07) is 9.11. The third-order valence-electron chi connectivity index (χ3n) is 5.33. The van der Waals surface area contributed by atoms with Gasteiger partial charge in [0.2, 0.25) is 11.8 Å². The first-order valence-corrected chi connectivity index (χ1v) is 9.71. The van der Waals surface area contributed by atoms with E-state index in [1.165, 1.54) is 6.26 Å². The van der Waals surface area contributed by atoms with Crippen LogP contribution in [0.1, 0.15) is 35.5 Å². The van der Waals surface area contributed by atoms with Crippen molar-refractivity contribution in [1.29, 1.82) is 0 Å². The fourth-order valence-corrected chi connectivity index (χ4v) is 3.31. The number of nitrogens with zero attached hydrogens (tertiary/aromatic N) is 2. The Morgan fingerprint density at radius 1 is 1.00 bits per heavy atom. The van der Waals surface area contributed by atoms with E-state index in [4.69, 9.17) is 4.42 Å². The van der Waals surface area contributed by atoms with Crippen molar-refractivity contribution in [3.63, 3.8) is 0 Å². The summed E-state index contributed by atoms with van der Waals surface area (Å²) >= 11 is 0. The lowest BCUT2D eigenvalue weighted by Gasteiger charge is -2.37. The molecule has 0 radical (unpaired) electrons. The Morgan fingerprint density at radius 2 is 1.66 bits per heavy atom.